The van der Waals surface area contributed by atoms with E-state index < -0.39 is 67.8 Å². The minimum Gasteiger partial charge on any atom is -0.370 e. The molecule has 2 atom stereocenters. The largest absolute Gasteiger partial charge is 0.389 e. The molecule has 2 aromatic rings. The third kappa shape index (κ3) is 10.4. The number of primary amides is 1. The number of carbonyl (C=O) groups is 3. The summed E-state index contributed by atoms with van der Waals surface area (Å²) < 4.78 is 70.4. The maximum absolute atomic E-state index is 12.8. The SMILES string of the molecule is CCC(F)(F)F.Cc1ccc(C2=NC(NC(=O)C(CCC(F)(F)F)CC(N)=O)C(=O)Nc3ccccc32)cc1. The van der Waals surface area contributed by atoms with E-state index in [1.807, 2.05) is 31.2 Å². The van der Waals surface area contributed by atoms with Gasteiger partial charge in [0.2, 0.25) is 18.0 Å². The lowest BCUT2D eigenvalue weighted by Crippen LogP contribution is -2.45. The van der Waals surface area contributed by atoms with E-state index in [-0.39, 0.29) is 0 Å². The standard InChI is InChI=1S/C23H23F3N4O3.C3H5F3/c1-13-6-8-14(9-7-13)19-16-4-2-3-5-17(16)28-22(33)20(29-19)30-21(32)15(12-18(27)31)10-11-23(24,25)26;1-2-3(4,5)6/h2-9,15,20H,10-12H2,1H3,(H2,27,31)(H,28,33)(H,30,32);2H2,1H3. The van der Waals surface area contributed by atoms with E-state index in [0.717, 1.165) is 12.5 Å². The van der Waals surface area contributed by atoms with Crippen LogP contribution in [0.3, 0.4) is 0 Å². The summed E-state index contributed by atoms with van der Waals surface area (Å²) in [7, 11) is 0. The molecule has 0 spiro atoms. The Morgan fingerprint density at radius 3 is 2.15 bits per heavy atom. The lowest BCUT2D eigenvalue weighted by Gasteiger charge is -2.19. The number of benzodiazepines with no additional fused rings is 1. The molecule has 39 heavy (non-hydrogen) atoms. The minimum absolute atomic E-state index is 0.427. The van der Waals surface area contributed by atoms with Crippen molar-refractivity contribution < 1.29 is 40.7 Å². The number of amides is 3. The second-order valence-electron chi connectivity index (χ2n) is 8.78. The summed E-state index contributed by atoms with van der Waals surface area (Å²) in [5, 5.41) is 5.07. The number of alkyl halides is 6. The van der Waals surface area contributed by atoms with Gasteiger partial charge >= 0.3 is 12.4 Å². The van der Waals surface area contributed by atoms with Gasteiger partial charge in [0.15, 0.2) is 0 Å². The first-order chi connectivity index (χ1) is 18.1. The van der Waals surface area contributed by atoms with Gasteiger partial charge in [-0.3, -0.25) is 14.4 Å². The Morgan fingerprint density at radius 1 is 1.03 bits per heavy atom. The number of aliphatic imine (C=N–C) groups is 1. The molecule has 1 heterocycles. The molecule has 212 valence electrons. The number of rotatable bonds is 7. The van der Waals surface area contributed by atoms with Crippen LogP contribution in [0.1, 0.15) is 49.3 Å². The molecular formula is C26H28F6N4O3. The number of hydrogen-bond donors (Lipinski definition) is 3. The Kier molecular flexibility index (Phi) is 10.6. The maximum Gasteiger partial charge on any atom is 0.389 e. The molecule has 0 radical (unpaired) electrons. The highest BCUT2D eigenvalue weighted by atomic mass is 19.4. The van der Waals surface area contributed by atoms with Crippen molar-refractivity contribution in [2.24, 2.45) is 16.6 Å². The van der Waals surface area contributed by atoms with Gasteiger partial charge in [-0.05, 0) is 19.4 Å². The number of hydrogen-bond acceptors (Lipinski definition) is 4. The topological polar surface area (TPSA) is 114 Å². The van der Waals surface area contributed by atoms with E-state index >= 15 is 0 Å². The van der Waals surface area contributed by atoms with Gasteiger partial charge in [0.1, 0.15) is 0 Å². The molecule has 0 bridgehead atoms. The van der Waals surface area contributed by atoms with Crippen molar-refractivity contribution in [3.63, 3.8) is 0 Å². The van der Waals surface area contributed by atoms with E-state index in [9.17, 15) is 40.7 Å². The van der Waals surface area contributed by atoms with Crippen LogP contribution in [0, 0.1) is 12.8 Å². The molecule has 3 amide bonds. The molecule has 1 aliphatic rings. The molecule has 0 saturated carbocycles. The Balaban J connectivity index is 0.000000798. The van der Waals surface area contributed by atoms with Crippen molar-refractivity contribution >= 4 is 29.1 Å². The summed E-state index contributed by atoms with van der Waals surface area (Å²) >= 11 is 0. The van der Waals surface area contributed by atoms with Crippen molar-refractivity contribution in [1.82, 2.24) is 5.32 Å². The number of halogens is 6. The van der Waals surface area contributed by atoms with Crippen LogP contribution in [0.25, 0.3) is 0 Å². The summed E-state index contributed by atoms with van der Waals surface area (Å²) in [6.45, 7) is 3.00. The van der Waals surface area contributed by atoms with Gasteiger partial charge in [-0.2, -0.15) is 26.3 Å². The number of benzene rings is 2. The van der Waals surface area contributed by atoms with Crippen LogP contribution in [0.15, 0.2) is 53.5 Å². The van der Waals surface area contributed by atoms with Gasteiger partial charge in [0.05, 0.1) is 11.4 Å². The molecule has 4 N–H and O–H groups in total. The number of aryl methyl sites for hydroxylation is 1. The fraction of sp³-hybridized carbons (Fsp3) is 0.385. The lowest BCUT2D eigenvalue weighted by atomic mass is 9.97. The minimum atomic E-state index is -4.51. The zero-order chi connectivity index (χ0) is 29.4. The van der Waals surface area contributed by atoms with Gasteiger partial charge < -0.3 is 16.4 Å². The number of para-hydroxylation sites is 1. The fourth-order valence-electron chi connectivity index (χ4n) is 3.46. The van der Waals surface area contributed by atoms with Crippen LogP contribution < -0.4 is 16.4 Å². The second kappa shape index (κ2) is 13.3. The average molecular weight is 559 g/mol. The molecule has 1 aliphatic heterocycles. The van der Waals surface area contributed by atoms with Crippen molar-refractivity contribution in [3.05, 3.63) is 65.2 Å². The number of fused-ring (bicyclic) bond motifs is 1. The zero-order valence-corrected chi connectivity index (χ0v) is 21.1. The summed E-state index contributed by atoms with van der Waals surface area (Å²) in [5.74, 6) is -3.83. The zero-order valence-electron chi connectivity index (χ0n) is 21.1. The van der Waals surface area contributed by atoms with Gasteiger partial charge in [-0.1, -0.05) is 55.0 Å². The Morgan fingerprint density at radius 2 is 1.62 bits per heavy atom. The van der Waals surface area contributed by atoms with Gasteiger partial charge in [-0.25, -0.2) is 4.99 Å². The number of carbonyl (C=O) groups excluding carboxylic acids is 3. The second-order valence-corrected chi connectivity index (χ2v) is 8.78. The Hall–Kier alpha value is -3.90. The molecule has 2 unspecified atom stereocenters. The number of anilines is 1. The van der Waals surface area contributed by atoms with Crippen LogP contribution in [0.2, 0.25) is 0 Å². The van der Waals surface area contributed by atoms with E-state index in [1.54, 1.807) is 24.3 Å². The first-order valence-corrected chi connectivity index (χ1v) is 11.9. The molecule has 3 rings (SSSR count). The number of nitrogens with two attached hydrogens (primary N) is 1. The van der Waals surface area contributed by atoms with Crippen LogP contribution in [-0.2, 0) is 14.4 Å². The van der Waals surface area contributed by atoms with Crippen molar-refractivity contribution in [1.29, 1.82) is 0 Å². The van der Waals surface area contributed by atoms with E-state index in [1.165, 1.54) is 0 Å². The third-order valence-corrected chi connectivity index (χ3v) is 5.55. The highest BCUT2D eigenvalue weighted by Crippen LogP contribution is 2.27. The van der Waals surface area contributed by atoms with Crippen molar-refractivity contribution in [3.8, 4) is 0 Å². The molecule has 0 aromatic heterocycles. The van der Waals surface area contributed by atoms with Crippen molar-refractivity contribution in [2.45, 2.75) is 58.0 Å². The van der Waals surface area contributed by atoms with E-state index in [2.05, 4.69) is 15.6 Å². The third-order valence-electron chi connectivity index (χ3n) is 5.55. The molecule has 2 aromatic carbocycles. The fourth-order valence-corrected chi connectivity index (χ4v) is 3.46. The van der Waals surface area contributed by atoms with Gasteiger partial charge in [0.25, 0.3) is 5.91 Å². The predicted octanol–water partition coefficient (Wildman–Crippen LogP) is 5.02. The van der Waals surface area contributed by atoms with Gasteiger partial charge in [0, 0.05) is 36.3 Å². The monoisotopic (exact) mass is 558 g/mol. The van der Waals surface area contributed by atoms with Crippen LogP contribution in [-0.4, -0.2) is 42.0 Å². The lowest BCUT2D eigenvalue weighted by molar-refractivity contribution is -0.143. The predicted molar refractivity (Wildman–Crippen MR) is 133 cm³/mol. The van der Waals surface area contributed by atoms with Crippen LogP contribution in [0.5, 0.6) is 0 Å². The highest BCUT2D eigenvalue weighted by Gasteiger charge is 2.34. The number of nitrogens with zero attached hydrogens (tertiary/aromatic N) is 1. The highest BCUT2D eigenvalue weighted by molar-refractivity contribution is 6.19. The summed E-state index contributed by atoms with van der Waals surface area (Å²) in [6, 6.07) is 14.3. The first-order valence-electron chi connectivity index (χ1n) is 11.9. The summed E-state index contributed by atoms with van der Waals surface area (Å²) in [5.41, 5.74) is 8.34. The molecule has 7 nitrogen and oxygen atoms in total. The summed E-state index contributed by atoms with van der Waals surface area (Å²) in [4.78, 5) is 41.3. The van der Waals surface area contributed by atoms with Crippen molar-refractivity contribution in [2.75, 3.05) is 5.32 Å². The smallest absolute Gasteiger partial charge is 0.370 e. The van der Waals surface area contributed by atoms with Gasteiger partial charge in [-0.15, -0.1) is 0 Å². The Labute approximate surface area is 220 Å². The molecule has 13 heteroatoms. The quantitative estimate of drug-likeness (QED) is 0.415. The Bertz CT molecular complexity index is 1190. The molecule has 0 saturated heterocycles. The first kappa shape index (κ1) is 31.3. The molecule has 0 aliphatic carbocycles. The van der Waals surface area contributed by atoms with E-state index in [4.69, 9.17) is 5.73 Å². The molecule has 0 fully saturated rings. The van der Waals surface area contributed by atoms with E-state index in [0.29, 0.717) is 22.5 Å². The summed E-state index contributed by atoms with van der Waals surface area (Å²) in [6.07, 6.45) is -13.1. The van der Waals surface area contributed by atoms with Crippen LogP contribution in [0.4, 0.5) is 32.0 Å². The normalized spacial score (nSPS) is 15.9. The maximum atomic E-state index is 12.8. The van der Waals surface area contributed by atoms with Crippen LogP contribution >= 0.6 is 0 Å². The molecular weight excluding hydrogens is 530 g/mol. The average Bonchev–Trinajstić information content (AvgIpc) is 2.97. The number of nitrogens with one attached hydrogen (secondary N) is 2.